The molecule has 0 unspecified atom stereocenters. The van der Waals surface area contributed by atoms with Crippen LogP contribution in [0.2, 0.25) is 10.0 Å². The molecule has 1 heterocycles. The molecular weight excluding hydrogens is 287 g/mol. The van der Waals surface area contributed by atoms with Gasteiger partial charge < -0.3 is 4.74 Å². The van der Waals surface area contributed by atoms with Gasteiger partial charge in [-0.3, -0.25) is 9.69 Å². The van der Waals surface area contributed by atoms with Crippen LogP contribution in [0.3, 0.4) is 0 Å². The maximum absolute atomic E-state index is 11.3. The van der Waals surface area contributed by atoms with Crippen LogP contribution in [-0.2, 0) is 4.79 Å². The van der Waals surface area contributed by atoms with Crippen molar-refractivity contribution in [1.29, 1.82) is 0 Å². The number of anilines is 2. The van der Waals surface area contributed by atoms with E-state index in [9.17, 15) is 4.79 Å². The standard InChI is InChI=1S/C13H10Cl2N2O2/c1-19-13-5-3-10(7-16-13)17(8-18)12-4-2-9(14)6-11(12)15/h2-8H,1H3. The van der Waals surface area contributed by atoms with Crippen LogP contribution in [0.1, 0.15) is 0 Å². The molecule has 1 aromatic carbocycles. The number of hydrogen-bond donors (Lipinski definition) is 0. The summed E-state index contributed by atoms with van der Waals surface area (Å²) in [6, 6.07) is 8.28. The summed E-state index contributed by atoms with van der Waals surface area (Å²) < 4.78 is 4.97. The number of hydrogen-bond acceptors (Lipinski definition) is 3. The Balaban J connectivity index is 2.40. The summed E-state index contributed by atoms with van der Waals surface area (Å²) in [6.07, 6.45) is 2.19. The zero-order valence-electron chi connectivity index (χ0n) is 10.0. The Morgan fingerprint density at radius 1 is 1.26 bits per heavy atom. The third kappa shape index (κ3) is 2.97. The van der Waals surface area contributed by atoms with Gasteiger partial charge in [0.2, 0.25) is 12.3 Å². The Morgan fingerprint density at radius 3 is 2.58 bits per heavy atom. The van der Waals surface area contributed by atoms with Crippen LogP contribution >= 0.6 is 23.2 Å². The number of halogens is 2. The van der Waals surface area contributed by atoms with Crippen molar-refractivity contribution in [1.82, 2.24) is 4.98 Å². The SMILES string of the molecule is COc1ccc(N(C=O)c2ccc(Cl)cc2Cl)cn1. The number of benzene rings is 1. The van der Waals surface area contributed by atoms with Crippen molar-refractivity contribution >= 4 is 41.0 Å². The normalized spacial score (nSPS) is 10.1. The summed E-state index contributed by atoms with van der Waals surface area (Å²) in [5.41, 5.74) is 1.12. The van der Waals surface area contributed by atoms with Gasteiger partial charge in [-0.1, -0.05) is 23.2 Å². The number of carbonyl (C=O) groups excluding carboxylic acids is 1. The molecule has 2 rings (SSSR count). The fraction of sp³-hybridized carbons (Fsp3) is 0.0769. The molecule has 19 heavy (non-hydrogen) atoms. The summed E-state index contributed by atoms with van der Waals surface area (Å²) in [4.78, 5) is 16.7. The molecule has 0 spiro atoms. The van der Waals surface area contributed by atoms with Crippen LogP contribution in [0.4, 0.5) is 11.4 Å². The Hall–Kier alpha value is -1.78. The predicted octanol–water partition coefficient (Wildman–Crippen LogP) is 3.69. The van der Waals surface area contributed by atoms with Crippen molar-refractivity contribution in [2.75, 3.05) is 12.0 Å². The highest BCUT2D eigenvalue weighted by Gasteiger charge is 2.12. The van der Waals surface area contributed by atoms with Crippen LogP contribution in [0.5, 0.6) is 5.88 Å². The molecule has 0 saturated carbocycles. The van der Waals surface area contributed by atoms with Crippen molar-refractivity contribution in [2.45, 2.75) is 0 Å². The molecule has 98 valence electrons. The fourth-order valence-corrected chi connectivity index (χ4v) is 2.07. The van der Waals surface area contributed by atoms with Crippen LogP contribution in [-0.4, -0.2) is 18.5 Å². The number of amides is 1. The predicted molar refractivity (Wildman–Crippen MR) is 75.5 cm³/mol. The first-order chi connectivity index (χ1) is 9.15. The molecule has 1 amide bonds. The molecule has 0 aliphatic rings. The quantitative estimate of drug-likeness (QED) is 0.808. The molecule has 0 N–H and O–H groups in total. The molecule has 1 aromatic heterocycles. The van der Waals surface area contributed by atoms with Crippen molar-refractivity contribution in [3.8, 4) is 5.88 Å². The molecule has 0 atom stereocenters. The molecule has 4 nitrogen and oxygen atoms in total. The zero-order valence-corrected chi connectivity index (χ0v) is 11.5. The summed E-state index contributed by atoms with van der Waals surface area (Å²) in [7, 11) is 1.52. The van der Waals surface area contributed by atoms with Gasteiger partial charge >= 0.3 is 0 Å². The largest absolute Gasteiger partial charge is 0.481 e. The molecule has 0 aliphatic carbocycles. The van der Waals surface area contributed by atoms with Gasteiger partial charge in [0, 0.05) is 11.1 Å². The van der Waals surface area contributed by atoms with Crippen molar-refractivity contribution in [3.63, 3.8) is 0 Å². The van der Waals surface area contributed by atoms with Gasteiger partial charge in [-0.05, 0) is 24.3 Å². The summed E-state index contributed by atoms with van der Waals surface area (Å²) in [5, 5.41) is 0.892. The Labute approximate surface area is 120 Å². The van der Waals surface area contributed by atoms with E-state index in [0.29, 0.717) is 33.7 Å². The number of aromatic nitrogens is 1. The highest BCUT2D eigenvalue weighted by Crippen LogP contribution is 2.32. The second-order valence-corrected chi connectivity index (χ2v) is 4.47. The van der Waals surface area contributed by atoms with E-state index in [4.69, 9.17) is 27.9 Å². The second-order valence-electron chi connectivity index (χ2n) is 3.63. The maximum atomic E-state index is 11.3. The topological polar surface area (TPSA) is 42.4 Å². The van der Waals surface area contributed by atoms with Crippen molar-refractivity contribution in [3.05, 3.63) is 46.6 Å². The van der Waals surface area contributed by atoms with Gasteiger partial charge in [0.15, 0.2) is 0 Å². The van der Waals surface area contributed by atoms with Gasteiger partial charge in [0.05, 0.1) is 29.7 Å². The van der Waals surface area contributed by atoms with E-state index < -0.39 is 0 Å². The van der Waals surface area contributed by atoms with Gasteiger partial charge in [0.1, 0.15) is 0 Å². The lowest BCUT2D eigenvalue weighted by Crippen LogP contribution is -2.14. The lowest BCUT2D eigenvalue weighted by atomic mass is 10.2. The third-order valence-electron chi connectivity index (χ3n) is 2.48. The first-order valence-corrected chi connectivity index (χ1v) is 6.11. The fourth-order valence-electron chi connectivity index (χ4n) is 1.57. The van der Waals surface area contributed by atoms with E-state index in [2.05, 4.69) is 4.98 Å². The zero-order chi connectivity index (χ0) is 13.8. The molecular formula is C13H10Cl2N2O2. The van der Waals surface area contributed by atoms with E-state index in [0.717, 1.165) is 0 Å². The molecule has 0 radical (unpaired) electrons. The number of ether oxygens (including phenoxy) is 1. The van der Waals surface area contributed by atoms with E-state index >= 15 is 0 Å². The second kappa shape index (κ2) is 5.91. The number of methoxy groups -OCH3 is 1. The first-order valence-electron chi connectivity index (χ1n) is 5.35. The molecule has 6 heteroatoms. The van der Waals surface area contributed by atoms with Gasteiger partial charge in [-0.2, -0.15) is 0 Å². The number of rotatable bonds is 4. The average molecular weight is 297 g/mol. The highest BCUT2D eigenvalue weighted by molar-refractivity contribution is 6.36. The van der Waals surface area contributed by atoms with Gasteiger partial charge in [-0.15, -0.1) is 0 Å². The Kier molecular flexibility index (Phi) is 4.24. The van der Waals surface area contributed by atoms with Crippen LogP contribution in [0.15, 0.2) is 36.5 Å². The molecule has 0 bridgehead atoms. The van der Waals surface area contributed by atoms with E-state index in [1.807, 2.05) is 0 Å². The lowest BCUT2D eigenvalue weighted by molar-refractivity contribution is -0.106. The summed E-state index contributed by atoms with van der Waals surface area (Å²) in [5.74, 6) is 0.469. The Bertz CT molecular complexity index is 588. The molecule has 2 aromatic rings. The minimum Gasteiger partial charge on any atom is -0.481 e. The minimum absolute atomic E-state index is 0.385. The van der Waals surface area contributed by atoms with E-state index in [-0.39, 0.29) is 0 Å². The van der Waals surface area contributed by atoms with Crippen LogP contribution in [0, 0.1) is 0 Å². The van der Waals surface area contributed by atoms with E-state index in [1.54, 1.807) is 30.3 Å². The molecule has 0 fully saturated rings. The van der Waals surface area contributed by atoms with Crippen molar-refractivity contribution in [2.24, 2.45) is 0 Å². The first kappa shape index (κ1) is 13.6. The van der Waals surface area contributed by atoms with Crippen LogP contribution in [0.25, 0.3) is 0 Å². The molecule has 0 aliphatic heterocycles. The maximum Gasteiger partial charge on any atom is 0.218 e. The Morgan fingerprint density at radius 2 is 2.05 bits per heavy atom. The number of pyridine rings is 1. The number of carbonyl (C=O) groups is 1. The minimum atomic E-state index is 0.385. The summed E-state index contributed by atoms with van der Waals surface area (Å²) >= 11 is 11.9. The number of nitrogens with zero attached hydrogens (tertiary/aromatic N) is 2. The third-order valence-corrected chi connectivity index (χ3v) is 3.02. The van der Waals surface area contributed by atoms with Crippen LogP contribution < -0.4 is 9.64 Å². The highest BCUT2D eigenvalue weighted by atomic mass is 35.5. The van der Waals surface area contributed by atoms with E-state index in [1.165, 1.54) is 18.2 Å². The van der Waals surface area contributed by atoms with Crippen molar-refractivity contribution < 1.29 is 9.53 Å². The lowest BCUT2D eigenvalue weighted by Gasteiger charge is -2.18. The molecule has 0 saturated heterocycles. The summed E-state index contributed by atoms with van der Waals surface area (Å²) in [6.45, 7) is 0. The average Bonchev–Trinajstić information content (AvgIpc) is 2.42. The smallest absolute Gasteiger partial charge is 0.218 e. The monoisotopic (exact) mass is 296 g/mol. The van der Waals surface area contributed by atoms with Gasteiger partial charge in [-0.25, -0.2) is 4.98 Å². The van der Waals surface area contributed by atoms with Gasteiger partial charge in [0.25, 0.3) is 0 Å².